The molecule has 1 aromatic heterocycles. The number of nitrogens with one attached hydrogen (secondary N) is 1. The van der Waals surface area contributed by atoms with Crippen LogP contribution in [0, 0.1) is 0 Å². The van der Waals surface area contributed by atoms with Crippen molar-refractivity contribution in [1.29, 1.82) is 0 Å². The molecule has 0 bridgehead atoms. The lowest BCUT2D eigenvalue weighted by molar-refractivity contribution is -0.146. The summed E-state index contributed by atoms with van der Waals surface area (Å²) >= 11 is 2.39. The average molecular weight is 413 g/mol. The Morgan fingerprint density at radius 3 is 2.44 bits per heavy atom. The summed E-state index contributed by atoms with van der Waals surface area (Å²) < 4.78 is 11.7. The number of fused-ring (bicyclic) bond motifs is 1. The quantitative estimate of drug-likeness (QED) is 0.347. The van der Waals surface area contributed by atoms with Crippen molar-refractivity contribution >= 4 is 45.5 Å². The van der Waals surface area contributed by atoms with Crippen molar-refractivity contribution in [3.05, 3.63) is 24.3 Å². The molecule has 0 aliphatic carbocycles. The predicted octanol–water partition coefficient (Wildman–Crippen LogP) is 4.59. The fourth-order valence-electron chi connectivity index (χ4n) is 1.87. The van der Waals surface area contributed by atoms with Gasteiger partial charge in [-0.25, -0.2) is 4.98 Å². The molecule has 0 fully saturated rings. The first kappa shape index (κ1) is 23.4. The monoisotopic (exact) mass is 412 g/mol. The number of rotatable bonds is 10. The molecule has 150 valence electrons. The number of carbonyl (C=O) groups excluding carboxylic acids is 2. The maximum Gasteiger partial charge on any atom is 0.318 e. The van der Waals surface area contributed by atoms with E-state index >= 15 is 0 Å². The Hall–Kier alpha value is -1.64. The Bertz CT molecular complexity index is 656. The van der Waals surface area contributed by atoms with Crippen LogP contribution in [0.5, 0.6) is 0 Å². The number of hydrogen-bond donors (Lipinski definition) is 1. The van der Waals surface area contributed by atoms with Crippen molar-refractivity contribution in [2.75, 3.05) is 19.7 Å². The number of thiazole rings is 1. The van der Waals surface area contributed by atoms with Crippen molar-refractivity contribution in [3.63, 3.8) is 0 Å². The molecule has 1 aromatic carbocycles. The second kappa shape index (κ2) is 14.4. The van der Waals surface area contributed by atoms with Crippen LogP contribution in [0.25, 0.3) is 10.2 Å². The Morgan fingerprint density at radius 1 is 1.11 bits per heavy atom. The first-order chi connectivity index (χ1) is 13.1. The van der Waals surface area contributed by atoms with Gasteiger partial charge in [0.05, 0.1) is 29.7 Å². The van der Waals surface area contributed by atoms with E-state index in [0.717, 1.165) is 48.2 Å². The number of carbonyl (C=O) groups is 2. The van der Waals surface area contributed by atoms with Crippen molar-refractivity contribution in [1.82, 2.24) is 10.3 Å². The van der Waals surface area contributed by atoms with Gasteiger partial charge in [-0.2, -0.15) is 0 Å². The van der Waals surface area contributed by atoms with Crippen LogP contribution in [0.4, 0.5) is 0 Å². The first-order valence-corrected chi connectivity index (χ1v) is 10.8. The van der Waals surface area contributed by atoms with Crippen LogP contribution in [0.1, 0.15) is 46.5 Å². The number of hydrogen-bond acceptors (Lipinski definition) is 8. The lowest BCUT2D eigenvalue weighted by Gasteiger charge is -2.03. The third kappa shape index (κ3) is 10.3. The van der Waals surface area contributed by atoms with E-state index in [0.29, 0.717) is 10.9 Å². The minimum atomic E-state index is -0.448. The summed E-state index contributed by atoms with van der Waals surface area (Å²) in [6.45, 7) is 8.81. The number of ether oxygens (including phenoxy) is 1. The van der Waals surface area contributed by atoms with E-state index in [9.17, 15) is 9.59 Å². The lowest BCUT2D eigenvalue weighted by atomic mass is 10.3. The third-order valence-corrected chi connectivity index (χ3v) is 5.06. The number of unbranched alkanes of at least 4 members (excludes halogenated alkanes) is 1. The zero-order valence-electron chi connectivity index (χ0n) is 16.2. The van der Waals surface area contributed by atoms with Gasteiger partial charge in [0.2, 0.25) is 0 Å². The highest BCUT2D eigenvalue weighted by molar-refractivity contribution is 7.97. The smallest absolute Gasteiger partial charge is 0.318 e. The normalized spacial score (nSPS) is 10.2. The number of esters is 1. The highest BCUT2D eigenvalue weighted by Gasteiger charge is 2.12. The van der Waals surface area contributed by atoms with Crippen LogP contribution < -0.4 is 5.32 Å². The zero-order valence-corrected chi connectivity index (χ0v) is 17.8. The van der Waals surface area contributed by atoms with Gasteiger partial charge in [0.15, 0.2) is 4.34 Å². The van der Waals surface area contributed by atoms with Crippen LogP contribution in [0.15, 0.2) is 28.6 Å². The number of aromatic nitrogens is 1. The standard InChI is InChI=1S/C15H17NO4S2.C4H11N/c1-2-3-10-19-13(17)8-9-14(18)20-22-15-16-11-6-4-5-7-12(11)21-15;1-3-5-4-2/h4-7H,2-3,8-10H2,1H3;5H,3-4H2,1-2H3. The van der Waals surface area contributed by atoms with Gasteiger partial charge in [-0.15, -0.1) is 11.3 Å². The molecule has 0 amide bonds. The minimum absolute atomic E-state index is 0.0167. The molecule has 1 heterocycles. The van der Waals surface area contributed by atoms with E-state index in [2.05, 4.69) is 24.1 Å². The molecular formula is C19H28N2O4S2. The first-order valence-electron chi connectivity index (χ1n) is 9.19. The molecule has 0 saturated carbocycles. The van der Waals surface area contributed by atoms with E-state index in [-0.39, 0.29) is 18.8 Å². The van der Waals surface area contributed by atoms with Crippen LogP contribution in [-0.2, 0) is 18.5 Å². The van der Waals surface area contributed by atoms with Gasteiger partial charge < -0.3 is 14.2 Å². The zero-order chi connectivity index (χ0) is 19.9. The summed E-state index contributed by atoms with van der Waals surface area (Å²) in [5, 5.41) is 3.11. The molecule has 0 unspecified atom stereocenters. The van der Waals surface area contributed by atoms with Gasteiger partial charge in [0.25, 0.3) is 0 Å². The highest BCUT2D eigenvalue weighted by atomic mass is 32.2. The second-order valence-electron chi connectivity index (χ2n) is 5.52. The molecular weight excluding hydrogens is 384 g/mol. The minimum Gasteiger partial charge on any atom is -0.466 e. The maximum atomic E-state index is 11.6. The van der Waals surface area contributed by atoms with Gasteiger partial charge in [0.1, 0.15) is 12.0 Å². The van der Waals surface area contributed by atoms with E-state index < -0.39 is 5.97 Å². The van der Waals surface area contributed by atoms with Gasteiger partial charge in [-0.3, -0.25) is 9.59 Å². The van der Waals surface area contributed by atoms with Crippen molar-refractivity contribution in [2.24, 2.45) is 0 Å². The lowest BCUT2D eigenvalue weighted by Crippen LogP contribution is -2.09. The van der Waals surface area contributed by atoms with Crippen molar-refractivity contribution < 1.29 is 18.5 Å². The summed E-state index contributed by atoms with van der Waals surface area (Å²) in [4.78, 5) is 27.3. The van der Waals surface area contributed by atoms with E-state index in [1.807, 2.05) is 31.2 Å². The van der Waals surface area contributed by atoms with E-state index in [1.54, 1.807) is 0 Å². The van der Waals surface area contributed by atoms with Gasteiger partial charge >= 0.3 is 11.9 Å². The van der Waals surface area contributed by atoms with Crippen LogP contribution in [0.3, 0.4) is 0 Å². The molecule has 0 aliphatic heterocycles. The topological polar surface area (TPSA) is 77.5 Å². The largest absolute Gasteiger partial charge is 0.466 e. The van der Waals surface area contributed by atoms with E-state index in [1.165, 1.54) is 11.3 Å². The summed E-state index contributed by atoms with van der Waals surface area (Å²) in [7, 11) is 0. The van der Waals surface area contributed by atoms with Gasteiger partial charge in [-0.1, -0.05) is 39.3 Å². The molecule has 27 heavy (non-hydrogen) atoms. The SMILES string of the molecule is CCCCOC(=O)CCC(=O)OSc1nc2ccccc2s1.CCNCC. The highest BCUT2D eigenvalue weighted by Crippen LogP contribution is 2.30. The number of para-hydroxylation sites is 1. The van der Waals surface area contributed by atoms with Crippen molar-refractivity contribution in [2.45, 2.75) is 50.8 Å². The Labute approximate surface area is 169 Å². The summed E-state index contributed by atoms with van der Waals surface area (Å²) in [6, 6.07) is 7.72. The molecule has 0 atom stereocenters. The van der Waals surface area contributed by atoms with Crippen LogP contribution in [0.2, 0.25) is 0 Å². The average Bonchev–Trinajstić information content (AvgIpc) is 3.09. The molecule has 1 N–H and O–H groups in total. The summed E-state index contributed by atoms with van der Waals surface area (Å²) in [5.41, 5.74) is 0.880. The Kier molecular flexibility index (Phi) is 12.5. The van der Waals surface area contributed by atoms with Gasteiger partial charge in [-0.05, 0) is 31.6 Å². The second-order valence-corrected chi connectivity index (χ2v) is 7.53. The molecule has 2 rings (SSSR count). The third-order valence-electron chi connectivity index (χ3n) is 3.27. The molecule has 0 radical (unpaired) electrons. The van der Waals surface area contributed by atoms with Crippen LogP contribution in [-0.4, -0.2) is 36.6 Å². The van der Waals surface area contributed by atoms with E-state index in [4.69, 9.17) is 8.92 Å². The molecule has 0 spiro atoms. The predicted molar refractivity (Wildman–Crippen MR) is 111 cm³/mol. The molecule has 0 saturated heterocycles. The number of nitrogens with zero attached hydrogens (tertiary/aromatic N) is 1. The van der Waals surface area contributed by atoms with Crippen LogP contribution >= 0.6 is 23.4 Å². The maximum absolute atomic E-state index is 11.6. The molecule has 0 aliphatic rings. The Morgan fingerprint density at radius 2 is 1.81 bits per heavy atom. The Balaban J connectivity index is 0.000000646. The molecule has 6 nitrogen and oxygen atoms in total. The molecule has 8 heteroatoms. The van der Waals surface area contributed by atoms with Crippen molar-refractivity contribution in [3.8, 4) is 0 Å². The fourth-order valence-corrected chi connectivity index (χ4v) is 3.45. The van der Waals surface area contributed by atoms with Gasteiger partial charge in [0, 0.05) is 0 Å². The summed E-state index contributed by atoms with van der Waals surface area (Å²) in [6.07, 6.45) is 1.86. The number of benzene rings is 1. The molecule has 2 aromatic rings. The fraction of sp³-hybridized carbons (Fsp3) is 0.526. The summed E-state index contributed by atoms with van der Waals surface area (Å²) in [5.74, 6) is -0.813.